The highest BCUT2D eigenvalue weighted by atomic mass is 14.8. The summed E-state index contributed by atoms with van der Waals surface area (Å²) in [5.74, 6) is 0. The van der Waals surface area contributed by atoms with Crippen molar-refractivity contribution in [1.82, 2.24) is 5.32 Å². The first kappa shape index (κ1) is 11.6. The fraction of sp³-hybridized carbons (Fsp3) is 0.125. The maximum absolute atomic E-state index is 3.11. The Kier molecular flexibility index (Phi) is 4.11. The Bertz CT molecular complexity index is 486. The largest absolute Gasteiger partial charge is 0.316 e. The van der Waals surface area contributed by atoms with Gasteiger partial charge >= 0.3 is 0 Å². The van der Waals surface area contributed by atoms with Crippen LogP contribution in [-0.2, 0) is 0 Å². The smallest absolute Gasteiger partial charge is 0.0135 e. The van der Waals surface area contributed by atoms with E-state index in [1.54, 1.807) is 0 Å². The third kappa shape index (κ3) is 3.05. The van der Waals surface area contributed by atoms with Gasteiger partial charge in [-0.1, -0.05) is 66.7 Å². The second-order valence-corrected chi connectivity index (χ2v) is 3.91. The van der Waals surface area contributed by atoms with Gasteiger partial charge in [-0.15, -0.1) is 0 Å². The minimum Gasteiger partial charge on any atom is -0.316 e. The summed E-state index contributed by atoms with van der Waals surface area (Å²) in [6.45, 7) is 0.892. The highest BCUT2D eigenvalue weighted by molar-refractivity contribution is 5.75. The molecule has 2 aromatic rings. The molecular formula is C16H17N. The molecule has 0 bridgehead atoms. The number of nitrogens with one attached hydrogen (secondary N) is 1. The van der Waals surface area contributed by atoms with Gasteiger partial charge in [0.15, 0.2) is 0 Å². The third-order valence-electron chi connectivity index (χ3n) is 2.66. The van der Waals surface area contributed by atoms with E-state index in [9.17, 15) is 0 Å². The average Bonchev–Trinajstić information content (AvgIpc) is 2.41. The van der Waals surface area contributed by atoms with E-state index < -0.39 is 0 Å². The predicted octanol–water partition coefficient (Wildman–Crippen LogP) is 3.59. The Morgan fingerprint density at radius 1 is 0.941 bits per heavy atom. The summed E-state index contributed by atoms with van der Waals surface area (Å²) in [5, 5.41) is 3.11. The van der Waals surface area contributed by atoms with Gasteiger partial charge in [0.25, 0.3) is 0 Å². The van der Waals surface area contributed by atoms with Gasteiger partial charge in [0.2, 0.25) is 0 Å². The maximum atomic E-state index is 3.11. The Morgan fingerprint density at radius 3 is 2.41 bits per heavy atom. The molecule has 0 saturated carbocycles. The highest BCUT2D eigenvalue weighted by Crippen LogP contribution is 2.24. The van der Waals surface area contributed by atoms with E-state index in [0.29, 0.717) is 0 Å². The highest BCUT2D eigenvalue weighted by Gasteiger charge is 2.00. The van der Waals surface area contributed by atoms with Crippen LogP contribution < -0.4 is 5.32 Å². The molecule has 0 unspecified atom stereocenters. The van der Waals surface area contributed by atoms with Gasteiger partial charge in [-0.2, -0.15) is 0 Å². The monoisotopic (exact) mass is 223 g/mol. The summed E-state index contributed by atoms with van der Waals surface area (Å²) < 4.78 is 0. The first-order chi connectivity index (χ1) is 8.42. The van der Waals surface area contributed by atoms with E-state index in [-0.39, 0.29) is 0 Å². The molecule has 0 amide bonds. The normalized spacial score (nSPS) is 10.9. The van der Waals surface area contributed by atoms with Crippen LogP contribution in [0.2, 0.25) is 0 Å². The summed E-state index contributed by atoms with van der Waals surface area (Å²) in [7, 11) is 1.95. The van der Waals surface area contributed by atoms with Crippen LogP contribution in [0.1, 0.15) is 5.56 Å². The van der Waals surface area contributed by atoms with Gasteiger partial charge in [0, 0.05) is 6.54 Å². The Hall–Kier alpha value is -1.86. The third-order valence-corrected chi connectivity index (χ3v) is 2.66. The molecule has 0 atom stereocenters. The molecule has 0 heterocycles. The summed E-state index contributed by atoms with van der Waals surface area (Å²) in [5.41, 5.74) is 3.80. The molecule has 0 saturated heterocycles. The minimum atomic E-state index is 0.892. The Morgan fingerprint density at radius 2 is 1.65 bits per heavy atom. The molecule has 0 aromatic heterocycles. The molecule has 2 rings (SSSR count). The standard InChI is InChI=1S/C16H17N/c1-17-13-7-11-15-10-5-6-12-16(15)14-8-3-2-4-9-14/h2-12,17H,13H2,1H3. The lowest BCUT2D eigenvalue weighted by Crippen LogP contribution is -2.03. The van der Waals surface area contributed by atoms with Gasteiger partial charge in [-0.25, -0.2) is 0 Å². The number of rotatable bonds is 4. The second kappa shape index (κ2) is 6.02. The van der Waals surface area contributed by atoms with Crippen LogP contribution >= 0.6 is 0 Å². The zero-order valence-corrected chi connectivity index (χ0v) is 10.1. The Labute approximate surface area is 103 Å². The van der Waals surface area contributed by atoms with Gasteiger partial charge in [-0.05, 0) is 23.7 Å². The predicted molar refractivity (Wildman–Crippen MR) is 74.8 cm³/mol. The van der Waals surface area contributed by atoms with Crippen LogP contribution in [0.15, 0.2) is 60.7 Å². The average molecular weight is 223 g/mol. The lowest BCUT2D eigenvalue weighted by Gasteiger charge is -2.05. The second-order valence-electron chi connectivity index (χ2n) is 3.91. The summed E-state index contributed by atoms with van der Waals surface area (Å²) in [6, 6.07) is 18.9. The van der Waals surface area contributed by atoms with Crippen molar-refractivity contribution in [3.8, 4) is 11.1 Å². The van der Waals surface area contributed by atoms with Gasteiger partial charge in [-0.3, -0.25) is 0 Å². The van der Waals surface area contributed by atoms with Crippen LogP contribution in [0.5, 0.6) is 0 Å². The van der Waals surface area contributed by atoms with Crippen molar-refractivity contribution in [2.24, 2.45) is 0 Å². The molecule has 0 radical (unpaired) electrons. The summed E-state index contributed by atoms with van der Waals surface area (Å²) >= 11 is 0. The van der Waals surface area contributed by atoms with Crippen molar-refractivity contribution < 1.29 is 0 Å². The lowest BCUT2D eigenvalue weighted by atomic mass is 9.99. The Balaban J connectivity index is 2.34. The molecule has 1 nitrogen and oxygen atoms in total. The first-order valence-corrected chi connectivity index (χ1v) is 5.87. The molecule has 0 fully saturated rings. The van der Waals surface area contributed by atoms with Crippen LogP contribution in [0.3, 0.4) is 0 Å². The number of hydrogen-bond donors (Lipinski definition) is 1. The molecule has 0 aliphatic rings. The molecule has 0 aliphatic heterocycles. The zero-order valence-electron chi connectivity index (χ0n) is 10.1. The van der Waals surface area contributed by atoms with E-state index in [2.05, 4.69) is 66.0 Å². The molecule has 0 aliphatic carbocycles. The van der Waals surface area contributed by atoms with Gasteiger partial charge in [0.1, 0.15) is 0 Å². The minimum absolute atomic E-state index is 0.892. The summed E-state index contributed by atoms with van der Waals surface area (Å²) in [6.07, 6.45) is 4.31. The molecule has 1 heteroatoms. The quantitative estimate of drug-likeness (QED) is 0.835. The number of benzene rings is 2. The van der Waals surface area contributed by atoms with E-state index in [0.717, 1.165) is 6.54 Å². The summed E-state index contributed by atoms with van der Waals surface area (Å²) in [4.78, 5) is 0. The van der Waals surface area contributed by atoms with Crippen molar-refractivity contribution in [2.45, 2.75) is 0 Å². The van der Waals surface area contributed by atoms with Crippen molar-refractivity contribution in [2.75, 3.05) is 13.6 Å². The van der Waals surface area contributed by atoms with Gasteiger partial charge < -0.3 is 5.32 Å². The maximum Gasteiger partial charge on any atom is 0.0135 e. The SMILES string of the molecule is CNCC=Cc1ccccc1-c1ccccc1. The molecule has 2 aromatic carbocycles. The van der Waals surface area contributed by atoms with E-state index in [1.165, 1.54) is 16.7 Å². The number of likely N-dealkylation sites (N-methyl/N-ethyl adjacent to an activating group) is 1. The molecule has 0 spiro atoms. The van der Waals surface area contributed by atoms with Crippen LogP contribution in [-0.4, -0.2) is 13.6 Å². The van der Waals surface area contributed by atoms with Crippen molar-refractivity contribution in [3.05, 3.63) is 66.2 Å². The molecule has 1 N–H and O–H groups in total. The van der Waals surface area contributed by atoms with Crippen molar-refractivity contribution in [1.29, 1.82) is 0 Å². The topological polar surface area (TPSA) is 12.0 Å². The fourth-order valence-electron chi connectivity index (χ4n) is 1.83. The van der Waals surface area contributed by atoms with Gasteiger partial charge in [0.05, 0.1) is 0 Å². The van der Waals surface area contributed by atoms with E-state index >= 15 is 0 Å². The van der Waals surface area contributed by atoms with Crippen LogP contribution in [0, 0.1) is 0 Å². The van der Waals surface area contributed by atoms with Crippen LogP contribution in [0.4, 0.5) is 0 Å². The zero-order chi connectivity index (χ0) is 11.9. The van der Waals surface area contributed by atoms with E-state index in [1.807, 2.05) is 13.1 Å². The van der Waals surface area contributed by atoms with E-state index in [4.69, 9.17) is 0 Å². The van der Waals surface area contributed by atoms with Crippen molar-refractivity contribution in [3.63, 3.8) is 0 Å². The molecule has 17 heavy (non-hydrogen) atoms. The van der Waals surface area contributed by atoms with Crippen molar-refractivity contribution >= 4 is 6.08 Å². The first-order valence-electron chi connectivity index (χ1n) is 5.87. The lowest BCUT2D eigenvalue weighted by molar-refractivity contribution is 0.922. The molecule has 86 valence electrons. The molecular weight excluding hydrogens is 206 g/mol. The number of hydrogen-bond acceptors (Lipinski definition) is 1. The van der Waals surface area contributed by atoms with Crippen LogP contribution in [0.25, 0.3) is 17.2 Å². The fourth-order valence-corrected chi connectivity index (χ4v) is 1.83.